The Morgan fingerprint density at radius 2 is 1.82 bits per heavy atom. The van der Waals surface area contributed by atoms with Crippen LogP contribution in [0, 0.1) is 5.41 Å². The van der Waals surface area contributed by atoms with E-state index in [9.17, 15) is 18.0 Å². The monoisotopic (exact) mass is 253 g/mol. The summed E-state index contributed by atoms with van der Waals surface area (Å²) in [6.45, 7) is 5.46. The Labute approximate surface area is 98.7 Å². The van der Waals surface area contributed by atoms with Crippen LogP contribution < -0.4 is 5.32 Å². The number of carbonyl (C=O) groups excluding carboxylic acids is 1. The predicted molar refractivity (Wildman–Crippen MR) is 56.4 cm³/mol. The van der Waals surface area contributed by atoms with Crippen molar-refractivity contribution >= 4 is 5.78 Å². The predicted octanol–water partition coefficient (Wildman–Crippen LogP) is 2.26. The summed E-state index contributed by atoms with van der Waals surface area (Å²) in [4.78, 5) is 11.9. The first-order chi connectivity index (χ1) is 7.59. The summed E-state index contributed by atoms with van der Waals surface area (Å²) < 4.78 is 39.8. The lowest BCUT2D eigenvalue weighted by molar-refractivity contribution is -0.343. The number of carbonyl (C=O) groups is 1. The maximum atomic E-state index is 12.0. The van der Waals surface area contributed by atoms with Crippen LogP contribution in [0.1, 0.15) is 33.6 Å². The normalized spacial score (nSPS) is 26.9. The Morgan fingerprint density at radius 3 is 2.18 bits per heavy atom. The van der Waals surface area contributed by atoms with Gasteiger partial charge in [-0.15, -0.1) is 13.2 Å². The van der Waals surface area contributed by atoms with E-state index in [4.69, 9.17) is 0 Å². The summed E-state index contributed by atoms with van der Waals surface area (Å²) in [7, 11) is 0. The van der Waals surface area contributed by atoms with Gasteiger partial charge in [0.1, 0.15) is 0 Å². The van der Waals surface area contributed by atoms with Crippen molar-refractivity contribution in [1.29, 1.82) is 0 Å². The molecule has 2 unspecified atom stereocenters. The van der Waals surface area contributed by atoms with Crippen LogP contribution in [0.15, 0.2) is 0 Å². The van der Waals surface area contributed by atoms with Crippen LogP contribution in [0.25, 0.3) is 0 Å². The van der Waals surface area contributed by atoms with Gasteiger partial charge in [-0.3, -0.25) is 9.53 Å². The first-order valence-corrected chi connectivity index (χ1v) is 5.62. The van der Waals surface area contributed by atoms with Crippen molar-refractivity contribution in [1.82, 2.24) is 5.32 Å². The van der Waals surface area contributed by atoms with E-state index in [1.807, 2.05) is 0 Å². The molecule has 0 saturated carbocycles. The molecule has 0 aromatic heterocycles. The van der Waals surface area contributed by atoms with Crippen LogP contribution in [0.2, 0.25) is 0 Å². The first kappa shape index (κ1) is 14.4. The Kier molecular flexibility index (Phi) is 4.19. The standard InChI is InChI=1S/C11H18F3NO2/c1-10(2,3)9(16)8-5-4-7(6-15-8)17-11(12,13)14/h7-8,15H,4-6H2,1-3H3. The van der Waals surface area contributed by atoms with E-state index in [2.05, 4.69) is 10.1 Å². The molecule has 1 saturated heterocycles. The van der Waals surface area contributed by atoms with Gasteiger partial charge in [0.15, 0.2) is 5.78 Å². The van der Waals surface area contributed by atoms with Gasteiger partial charge < -0.3 is 5.32 Å². The van der Waals surface area contributed by atoms with E-state index in [0.717, 1.165) is 0 Å². The van der Waals surface area contributed by atoms with E-state index in [1.165, 1.54) is 0 Å². The van der Waals surface area contributed by atoms with Crippen molar-refractivity contribution in [2.45, 2.75) is 52.1 Å². The molecule has 17 heavy (non-hydrogen) atoms. The average Bonchev–Trinajstić information content (AvgIpc) is 2.14. The van der Waals surface area contributed by atoms with Gasteiger partial charge in [0.25, 0.3) is 0 Å². The van der Waals surface area contributed by atoms with Gasteiger partial charge in [-0.25, -0.2) is 0 Å². The second-order valence-corrected chi connectivity index (χ2v) is 5.34. The highest BCUT2D eigenvalue weighted by Gasteiger charge is 2.38. The minimum atomic E-state index is -4.60. The van der Waals surface area contributed by atoms with Crippen molar-refractivity contribution in [2.24, 2.45) is 5.41 Å². The van der Waals surface area contributed by atoms with E-state index < -0.39 is 17.9 Å². The minimum Gasteiger partial charge on any atom is -0.305 e. The van der Waals surface area contributed by atoms with Crippen molar-refractivity contribution in [3.8, 4) is 0 Å². The maximum Gasteiger partial charge on any atom is 0.522 e. The zero-order valence-corrected chi connectivity index (χ0v) is 10.2. The number of piperidine rings is 1. The Balaban J connectivity index is 2.44. The molecule has 2 atom stereocenters. The summed E-state index contributed by atoms with van der Waals surface area (Å²) in [5.41, 5.74) is -0.477. The Hall–Kier alpha value is -0.620. The molecule has 0 aromatic carbocycles. The summed E-state index contributed by atoms with van der Waals surface area (Å²) in [6, 6.07) is -0.358. The zero-order valence-electron chi connectivity index (χ0n) is 10.2. The molecule has 0 aromatic rings. The summed E-state index contributed by atoms with van der Waals surface area (Å²) >= 11 is 0. The van der Waals surface area contributed by atoms with Gasteiger partial charge in [-0.2, -0.15) is 0 Å². The van der Waals surface area contributed by atoms with Crippen LogP contribution in [0.5, 0.6) is 0 Å². The highest BCUT2D eigenvalue weighted by molar-refractivity contribution is 5.88. The summed E-state index contributed by atoms with van der Waals surface area (Å²) in [5.74, 6) is 0.0305. The van der Waals surface area contributed by atoms with Gasteiger partial charge in [0.2, 0.25) is 0 Å². The lowest BCUT2D eigenvalue weighted by Gasteiger charge is -2.32. The molecule has 0 amide bonds. The zero-order chi connectivity index (χ0) is 13.3. The number of halogens is 3. The number of Topliss-reactive ketones (excluding diaryl/α,β-unsaturated/α-hetero) is 1. The quantitative estimate of drug-likeness (QED) is 0.820. The molecule has 6 heteroatoms. The molecule has 0 radical (unpaired) electrons. The second-order valence-electron chi connectivity index (χ2n) is 5.34. The summed E-state index contributed by atoms with van der Waals surface area (Å²) in [5, 5.41) is 2.82. The van der Waals surface area contributed by atoms with Crippen molar-refractivity contribution in [3.63, 3.8) is 0 Å². The van der Waals surface area contributed by atoms with E-state index in [-0.39, 0.29) is 24.8 Å². The Morgan fingerprint density at radius 1 is 1.24 bits per heavy atom. The fourth-order valence-corrected chi connectivity index (χ4v) is 1.87. The number of ether oxygens (including phenoxy) is 1. The number of hydrogen-bond acceptors (Lipinski definition) is 3. The third kappa shape index (κ3) is 4.63. The number of rotatable bonds is 2. The molecule has 1 N–H and O–H groups in total. The Bertz CT molecular complexity index is 275. The molecule has 0 bridgehead atoms. The lowest BCUT2D eigenvalue weighted by atomic mass is 9.83. The molecule has 1 aliphatic rings. The maximum absolute atomic E-state index is 12.0. The van der Waals surface area contributed by atoms with Crippen LogP contribution >= 0.6 is 0 Å². The second kappa shape index (κ2) is 4.94. The van der Waals surface area contributed by atoms with Gasteiger partial charge in [0.05, 0.1) is 12.1 Å². The van der Waals surface area contributed by atoms with E-state index in [0.29, 0.717) is 6.42 Å². The van der Waals surface area contributed by atoms with Crippen molar-refractivity contribution in [2.75, 3.05) is 6.54 Å². The highest BCUT2D eigenvalue weighted by atomic mass is 19.4. The van der Waals surface area contributed by atoms with E-state index >= 15 is 0 Å². The molecular formula is C11H18F3NO2. The molecule has 1 aliphatic heterocycles. The van der Waals surface area contributed by atoms with Crippen LogP contribution in [-0.2, 0) is 9.53 Å². The van der Waals surface area contributed by atoms with Crippen LogP contribution in [0.4, 0.5) is 13.2 Å². The number of hydrogen-bond donors (Lipinski definition) is 1. The number of ketones is 1. The fourth-order valence-electron chi connectivity index (χ4n) is 1.87. The van der Waals surface area contributed by atoms with E-state index in [1.54, 1.807) is 20.8 Å². The largest absolute Gasteiger partial charge is 0.522 e. The van der Waals surface area contributed by atoms with Gasteiger partial charge in [0, 0.05) is 12.0 Å². The molecule has 1 fully saturated rings. The van der Waals surface area contributed by atoms with Crippen molar-refractivity contribution < 1.29 is 22.7 Å². The van der Waals surface area contributed by atoms with Gasteiger partial charge in [-0.05, 0) is 12.8 Å². The summed E-state index contributed by atoms with van der Waals surface area (Å²) in [6.07, 6.45) is -4.86. The smallest absolute Gasteiger partial charge is 0.305 e. The average molecular weight is 253 g/mol. The van der Waals surface area contributed by atoms with Crippen LogP contribution in [0.3, 0.4) is 0 Å². The van der Waals surface area contributed by atoms with Crippen LogP contribution in [-0.4, -0.2) is 30.8 Å². The topological polar surface area (TPSA) is 38.3 Å². The minimum absolute atomic E-state index is 0.0305. The van der Waals surface area contributed by atoms with Gasteiger partial charge >= 0.3 is 6.36 Å². The third-order valence-electron chi connectivity index (χ3n) is 2.73. The lowest BCUT2D eigenvalue weighted by Crippen LogP contribution is -2.50. The molecule has 1 rings (SSSR count). The fraction of sp³-hybridized carbons (Fsp3) is 0.909. The molecule has 1 heterocycles. The molecule has 0 aliphatic carbocycles. The molecular weight excluding hydrogens is 235 g/mol. The number of alkyl halides is 3. The SMILES string of the molecule is CC(C)(C)C(=O)C1CCC(OC(F)(F)F)CN1. The third-order valence-corrected chi connectivity index (χ3v) is 2.73. The molecule has 100 valence electrons. The number of nitrogens with one attached hydrogen (secondary N) is 1. The highest BCUT2D eigenvalue weighted by Crippen LogP contribution is 2.25. The van der Waals surface area contributed by atoms with Crippen molar-refractivity contribution in [3.05, 3.63) is 0 Å². The molecule has 3 nitrogen and oxygen atoms in total. The molecule has 0 spiro atoms. The first-order valence-electron chi connectivity index (χ1n) is 5.62. The van der Waals surface area contributed by atoms with Gasteiger partial charge in [-0.1, -0.05) is 20.8 Å².